The van der Waals surface area contributed by atoms with Gasteiger partial charge in [0.25, 0.3) is 0 Å². The highest BCUT2D eigenvalue weighted by Gasteiger charge is 1.85. The summed E-state index contributed by atoms with van der Waals surface area (Å²) in [6.07, 6.45) is 3.04. The summed E-state index contributed by atoms with van der Waals surface area (Å²) in [7, 11) is 0. The van der Waals surface area contributed by atoms with E-state index in [1.165, 1.54) is 11.1 Å². The quantitative estimate of drug-likeness (QED) is 0.412. The van der Waals surface area contributed by atoms with Gasteiger partial charge in [-0.15, -0.1) is 13.2 Å². The minimum atomic E-state index is 1.14. The van der Waals surface area contributed by atoms with Crippen LogP contribution in [-0.2, 0) is 0 Å². The van der Waals surface area contributed by atoms with Crippen LogP contribution in [0.4, 0.5) is 0 Å². The zero-order valence-electron chi connectivity index (χ0n) is 9.41. The summed E-state index contributed by atoms with van der Waals surface area (Å²) in [6, 6.07) is 0. The second-order valence-corrected chi connectivity index (χ2v) is 2.02. The third kappa shape index (κ3) is 12.0. The largest absolute Gasteiger partial charge is 0.106 e. The van der Waals surface area contributed by atoms with Gasteiger partial charge in [0.1, 0.15) is 0 Å². The average Bonchev–Trinajstić information content (AvgIpc) is 2.21. The van der Waals surface area contributed by atoms with Crippen molar-refractivity contribution in [1.29, 1.82) is 0 Å². The number of hydrogen-bond acceptors (Lipinski definition) is 0. The molecule has 12 heavy (non-hydrogen) atoms. The Morgan fingerprint density at radius 3 is 1.58 bits per heavy atom. The van der Waals surface area contributed by atoms with Crippen molar-refractivity contribution in [2.45, 2.75) is 41.0 Å². The first-order valence-corrected chi connectivity index (χ1v) is 4.51. The van der Waals surface area contributed by atoms with E-state index >= 15 is 0 Å². The fraction of sp³-hybridized carbons (Fsp3) is 0.500. The van der Waals surface area contributed by atoms with Crippen molar-refractivity contribution in [3.8, 4) is 0 Å². The van der Waals surface area contributed by atoms with Crippen LogP contribution in [-0.4, -0.2) is 0 Å². The van der Waals surface area contributed by atoms with Crippen molar-refractivity contribution in [2.75, 3.05) is 0 Å². The molecule has 0 aromatic carbocycles. The molecule has 0 N–H and O–H groups in total. The molecule has 0 unspecified atom stereocenters. The number of rotatable bonds is 2. The van der Waals surface area contributed by atoms with Gasteiger partial charge in [0, 0.05) is 0 Å². The standard InChI is InChI=1S/C8H14.C2H6.C2H4/c1-5-7(3)8(4)6-2;2*1-2/h5H,1,6H2,2-4H3;1-2H3;1-2H2/b8-7+;;. The molecule has 0 aliphatic rings. The van der Waals surface area contributed by atoms with Crippen LogP contribution in [0.3, 0.4) is 0 Å². The van der Waals surface area contributed by atoms with Crippen molar-refractivity contribution in [3.05, 3.63) is 37.0 Å². The maximum absolute atomic E-state index is 3.67. The van der Waals surface area contributed by atoms with Crippen LogP contribution in [0.25, 0.3) is 0 Å². The zero-order valence-corrected chi connectivity index (χ0v) is 9.41. The Bertz CT molecular complexity index is 118. The molecule has 0 bridgehead atoms. The molecule has 0 aliphatic heterocycles. The summed E-state index contributed by atoms with van der Waals surface area (Å²) < 4.78 is 0. The van der Waals surface area contributed by atoms with Crippen LogP contribution in [0.2, 0.25) is 0 Å². The van der Waals surface area contributed by atoms with E-state index in [9.17, 15) is 0 Å². The van der Waals surface area contributed by atoms with E-state index in [-0.39, 0.29) is 0 Å². The molecule has 0 saturated heterocycles. The van der Waals surface area contributed by atoms with E-state index in [0.29, 0.717) is 0 Å². The maximum Gasteiger partial charge on any atom is -0.0346 e. The summed E-state index contributed by atoms with van der Waals surface area (Å²) in [5.74, 6) is 0. The van der Waals surface area contributed by atoms with Crippen LogP contribution in [0.15, 0.2) is 37.0 Å². The third-order valence-corrected chi connectivity index (χ3v) is 1.51. The highest BCUT2D eigenvalue weighted by molar-refractivity contribution is 5.19. The van der Waals surface area contributed by atoms with Gasteiger partial charge < -0.3 is 0 Å². The van der Waals surface area contributed by atoms with E-state index in [4.69, 9.17) is 0 Å². The van der Waals surface area contributed by atoms with Crippen LogP contribution in [0, 0.1) is 0 Å². The predicted molar refractivity (Wildman–Crippen MR) is 61.5 cm³/mol. The van der Waals surface area contributed by atoms with Crippen LogP contribution in [0.1, 0.15) is 41.0 Å². The van der Waals surface area contributed by atoms with Gasteiger partial charge in [0.05, 0.1) is 0 Å². The molecule has 0 spiro atoms. The van der Waals surface area contributed by atoms with Crippen molar-refractivity contribution in [2.24, 2.45) is 0 Å². The fourth-order valence-corrected chi connectivity index (χ4v) is 0.453. The normalized spacial score (nSPS) is 9.42. The molecule has 0 aromatic rings. The van der Waals surface area contributed by atoms with E-state index in [1.807, 2.05) is 19.9 Å². The highest BCUT2D eigenvalue weighted by atomic mass is 13.9. The summed E-state index contributed by atoms with van der Waals surface area (Å²) in [6.45, 7) is 20.1. The molecule has 0 nitrogen and oxygen atoms in total. The Kier molecular flexibility index (Phi) is 24.1. The summed E-state index contributed by atoms with van der Waals surface area (Å²) >= 11 is 0. The molecule has 0 saturated carbocycles. The Labute approximate surface area is 78.7 Å². The fourth-order valence-electron chi connectivity index (χ4n) is 0.453. The lowest BCUT2D eigenvalue weighted by Gasteiger charge is -1.96. The molecule has 0 amide bonds. The molecule has 0 aromatic heterocycles. The van der Waals surface area contributed by atoms with E-state index < -0.39 is 0 Å². The molecule has 0 fully saturated rings. The Hall–Kier alpha value is -0.780. The molecular formula is C12H24. The van der Waals surface area contributed by atoms with Gasteiger partial charge in [0.15, 0.2) is 0 Å². The van der Waals surface area contributed by atoms with Crippen LogP contribution in [0.5, 0.6) is 0 Å². The highest BCUT2D eigenvalue weighted by Crippen LogP contribution is 2.06. The average molecular weight is 168 g/mol. The van der Waals surface area contributed by atoms with Gasteiger partial charge in [-0.2, -0.15) is 0 Å². The molecule has 0 rings (SSSR count). The summed E-state index contributed by atoms with van der Waals surface area (Å²) in [4.78, 5) is 0. The van der Waals surface area contributed by atoms with Crippen molar-refractivity contribution >= 4 is 0 Å². The summed E-state index contributed by atoms with van der Waals surface area (Å²) in [5.41, 5.74) is 2.74. The van der Waals surface area contributed by atoms with E-state index in [1.54, 1.807) is 0 Å². The van der Waals surface area contributed by atoms with Crippen LogP contribution < -0.4 is 0 Å². The Morgan fingerprint density at radius 1 is 1.17 bits per heavy atom. The second kappa shape index (κ2) is 16.7. The van der Waals surface area contributed by atoms with Gasteiger partial charge >= 0.3 is 0 Å². The minimum absolute atomic E-state index is 1.14. The Morgan fingerprint density at radius 2 is 1.50 bits per heavy atom. The van der Waals surface area contributed by atoms with Crippen LogP contribution >= 0.6 is 0 Å². The number of allylic oxidation sites excluding steroid dienone is 3. The number of hydrogen-bond donors (Lipinski definition) is 0. The first-order valence-electron chi connectivity index (χ1n) is 4.51. The monoisotopic (exact) mass is 168 g/mol. The maximum atomic E-state index is 3.67. The van der Waals surface area contributed by atoms with Crippen molar-refractivity contribution < 1.29 is 0 Å². The SMILES string of the molecule is C=C.C=C/C(C)=C(\C)CC.CC. The summed E-state index contributed by atoms with van der Waals surface area (Å²) in [5, 5.41) is 0. The van der Waals surface area contributed by atoms with Gasteiger partial charge in [-0.05, 0) is 20.3 Å². The minimum Gasteiger partial charge on any atom is -0.106 e. The Balaban J connectivity index is -0.000000175. The first-order chi connectivity index (χ1) is 5.72. The van der Waals surface area contributed by atoms with Crippen molar-refractivity contribution in [1.82, 2.24) is 0 Å². The molecule has 72 valence electrons. The smallest absolute Gasteiger partial charge is 0.0346 e. The molecule has 0 aliphatic carbocycles. The lowest BCUT2D eigenvalue weighted by Crippen LogP contribution is -1.75. The topological polar surface area (TPSA) is 0 Å². The first kappa shape index (κ1) is 17.3. The van der Waals surface area contributed by atoms with Gasteiger partial charge in [-0.25, -0.2) is 0 Å². The molecule has 0 heteroatoms. The molecule has 0 radical (unpaired) electrons. The third-order valence-electron chi connectivity index (χ3n) is 1.51. The van der Waals surface area contributed by atoms with E-state index in [2.05, 4.69) is 40.5 Å². The second-order valence-electron chi connectivity index (χ2n) is 2.02. The van der Waals surface area contributed by atoms with Gasteiger partial charge in [-0.1, -0.05) is 44.6 Å². The predicted octanol–water partition coefficient (Wildman–Crippen LogP) is 4.75. The van der Waals surface area contributed by atoms with Gasteiger partial charge in [0.2, 0.25) is 0 Å². The van der Waals surface area contributed by atoms with E-state index in [0.717, 1.165) is 6.42 Å². The zero-order chi connectivity index (χ0) is 10.6. The lowest BCUT2D eigenvalue weighted by atomic mass is 10.1. The molecule has 0 heterocycles. The van der Waals surface area contributed by atoms with Gasteiger partial charge in [-0.3, -0.25) is 0 Å². The molecule has 0 atom stereocenters. The molecular weight excluding hydrogens is 144 g/mol. The van der Waals surface area contributed by atoms with Crippen molar-refractivity contribution in [3.63, 3.8) is 0 Å². The lowest BCUT2D eigenvalue weighted by molar-refractivity contribution is 1.07.